The molecule has 1 rings (SSSR count). The molecule has 0 N–H and O–H groups in total. The number of rotatable bonds is 2. The molecule has 0 nitrogen and oxygen atoms in total. The summed E-state index contributed by atoms with van der Waals surface area (Å²) >= 11 is 0. The summed E-state index contributed by atoms with van der Waals surface area (Å²) in [5.74, 6) is 0. The molecule has 1 aromatic rings. The van der Waals surface area contributed by atoms with E-state index in [2.05, 4.69) is 0 Å². The van der Waals surface area contributed by atoms with Crippen LogP contribution in [0, 0.1) is 0 Å². The first-order valence-corrected chi connectivity index (χ1v) is 4.84. The van der Waals surface area contributed by atoms with Crippen LogP contribution in [0.5, 0.6) is 0 Å². The van der Waals surface area contributed by atoms with Gasteiger partial charge in [-0.3, -0.25) is 8.22 Å². The summed E-state index contributed by atoms with van der Waals surface area (Å²) in [5.41, 5.74) is 1.84. The lowest BCUT2D eigenvalue weighted by Crippen LogP contribution is -1.87. The molecule has 0 unspecified atom stereocenters. The minimum absolute atomic E-state index is 0.834. The quantitative estimate of drug-likeness (QED) is 0.472. The summed E-state index contributed by atoms with van der Waals surface area (Å²) in [7, 11) is -3.52. The molecule has 0 aliphatic carbocycles. The van der Waals surface area contributed by atoms with Crippen molar-refractivity contribution >= 4 is 15.5 Å². The van der Waals surface area contributed by atoms with Crippen LogP contribution in [-0.2, 0) is 0 Å². The first-order chi connectivity index (χ1) is 5.29. The Bertz CT molecular complexity index is 231. The van der Waals surface area contributed by atoms with Gasteiger partial charge in [0, 0.05) is 0 Å². The van der Waals surface area contributed by atoms with Crippen molar-refractivity contribution in [2.75, 3.05) is 0 Å². The van der Waals surface area contributed by atoms with Gasteiger partial charge in [0.05, 0.1) is 0 Å². The fourth-order valence-electron chi connectivity index (χ4n) is 0.748. The predicted molar refractivity (Wildman–Crippen MR) is 44.8 cm³/mol. The molecular formula is C8H8F2Si. The molecule has 0 aromatic heterocycles. The third-order valence-corrected chi connectivity index (χ3v) is 1.72. The van der Waals surface area contributed by atoms with Crippen LogP contribution < -0.4 is 0 Å². The monoisotopic (exact) mass is 170 g/mol. The summed E-state index contributed by atoms with van der Waals surface area (Å²) in [6.07, 6.45) is 1.47. The topological polar surface area (TPSA) is 0 Å². The number of hydrogen-bond donors (Lipinski definition) is 0. The van der Waals surface area contributed by atoms with E-state index in [1.165, 1.54) is 6.08 Å². The van der Waals surface area contributed by atoms with E-state index in [4.69, 9.17) is 0 Å². The fraction of sp³-hybridized carbons (Fsp3) is 0. The molecule has 0 heterocycles. The Labute approximate surface area is 66.1 Å². The van der Waals surface area contributed by atoms with Crippen LogP contribution in [0.25, 0.3) is 6.08 Å². The van der Waals surface area contributed by atoms with E-state index in [1.54, 1.807) is 12.1 Å². The smallest absolute Gasteiger partial charge is 0.269 e. The van der Waals surface area contributed by atoms with Crippen LogP contribution in [0.4, 0.5) is 8.22 Å². The Balaban J connectivity index is 2.65. The lowest BCUT2D eigenvalue weighted by molar-refractivity contribution is 0.683. The van der Waals surface area contributed by atoms with Gasteiger partial charge in [0.2, 0.25) is 0 Å². The molecule has 0 atom stereocenters. The molecule has 0 amide bonds. The highest BCUT2D eigenvalue weighted by Crippen LogP contribution is 2.02. The molecule has 11 heavy (non-hydrogen) atoms. The van der Waals surface area contributed by atoms with Crippen molar-refractivity contribution in [3.63, 3.8) is 0 Å². The molecule has 0 saturated heterocycles. The van der Waals surface area contributed by atoms with Crippen molar-refractivity contribution in [1.29, 1.82) is 0 Å². The standard InChI is InChI=1S/C8H8F2Si/c9-11(10)7-6-8-4-2-1-3-5-8/h1-7,11H. The first-order valence-electron chi connectivity index (χ1n) is 3.30. The summed E-state index contributed by atoms with van der Waals surface area (Å²) in [6, 6.07) is 9.11. The van der Waals surface area contributed by atoms with E-state index in [0.29, 0.717) is 0 Å². The molecule has 0 fully saturated rings. The zero-order valence-corrected chi connectivity index (χ0v) is 7.03. The minimum atomic E-state index is -3.52. The van der Waals surface area contributed by atoms with Gasteiger partial charge < -0.3 is 0 Å². The summed E-state index contributed by atoms with van der Waals surface area (Å²) in [6.45, 7) is 0. The van der Waals surface area contributed by atoms with E-state index in [0.717, 1.165) is 11.3 Å². The van der Waals surface area contributed by atoms with Gasteiger partial charge in [-0.05, 0) is 11.3 Å². The van der Waals surface area contributed by atoms with Crippen LogP contribution in [0.2, 0.25) is 0 Å². The third-order valence-electron chi connectivity index (χ3n) is 1.23. The average Bonchev–Trinajstić information content (AvgIpc) is 2.03. The van der Waals surface area contributed by atoms with Gasteiger partial charge in [-0.1, -0.05) is 36.4 Å². The maximum Gasteiger partial charge on any atom is 0.434 e. The Morgan fingerprint density at radius 3 is 2.27 bits per heavy atom. The second-order valence-corrected chi connectivity index (χ2v) is 3.16. The van der Waals surface area contributed by atoms with E-state index in [9.17, 15) is 8.22 Å². The van der Waals surface area contributed by atoms with E-state index >= 15 is 0 Å². The van der Waals surface area contributed by atoms with Crippen LogP contribution >= 0.6 is 0 Å². The molecule has 1 aromatic carbocycles. The molecule has 0 saturated carbocycles. The molecule has 58 valence electrons. The lowest BCUT2D eigenvalue weighted by atomic mass is 10.2. The molecular weight excluding hydrogens is 162 g/mol. The highest BCUT2D eigenvalue weighted by atomic mass is 28.4. The minimum Gasteiger partial charge on any atom is -0.269 e. The normalized spacial score (nSPS) is 11.2. The van der Waals surface area contributed by atoms with Crippen molar-refractivity contribution in [2.45, 2.75) is 0 Å². The van der Waals surface area contributed by atoms with Gasteiger partial charge in [0.15, 0.2) is 0 Å². The lowest BCUT2D eigenvalue weighted by Gasteiger charge is -1.89. The molecule has 3 heteroatoms. The van der Waals surface area contributed by atoms with Gasteiger partial charge in [-0.2, -0.15) is 0 Å². The maximum atomic E-state index is 11.8. The summed E-state index contributed by atoms with van der Waals surface area (Å²) < 4.78 is 23.5. The van der Waals surface area contributed by atoms with E-state index < -0.39 is 9.46 Å². The largest absolute Gasteiger partial charge is 0.434 e. The number of benzene rings is 1. The highest BCUT2D eigenvalue weighted by molar-refractivity contribution is 6.50. The molecule has 0 radical (unpaired) electrons. The van der Waals surface area contributed by atoms with Gasteiger partial charge in [-0.25, -0.2) is 0 Å². The van der Waals surface area contributed by atoms with Crippen LogP contribution in [0.15, 0.2) is 36.0 Å². The first kappa shape index (κ1) is 8.14. The van der Waals surface area contributed by atoms with Crippen LogP contribution in [0.1, 0.15) is 5.56 Å². The molecule has 0 bridgehead atoms. The average molecular weight is 170 g/mol. The van der Waals surface area contributed by atoms with Gasteiger partial charge in [0.25, 0.3) is 0 Å². The van der Waals surface area contributed by atoms with Gasteiger partial charge in [-0.15, -0.1) is 0 Å². The SMILES string of the molecule is F[SiH](F)C=Cc1ccccc1. The van der Waals surface area contributed by atoms with Crippen molar-refractivity contribution in [3.8, 4) is 0 Å². The Kier molecular flexibility index (Phi) is 2.98. The zero-order chi connectivity index (χ0) is 8.10. The van der Waals surface area contributed by atoms with Crippen molar-refractivity contribution in [3.05, 3.63) is 41.6 Å². The van der Waals surface area contributed by atoms with Crippen LogP contribution in [0.3, 0.4) is 0 Å². The Hall–Kier alpha value is -0.963. The van der Waals surface area contributed by atoms with E-state index in [1.807, 2.05) is 18.2 Å². The zero-order valence-electron chi connectivity index (χ0n) is 5.87. The fourth-order valence-corrected chi connectivity index (χ4v) is 1.12. The molecule has 0 aliphatic rings. The Morgan fingerprint density at radius 1 is 1.09 bits per heavy atom. The second kappa shape index (κ2) is 4.03. The highest BCUT2D eigenvalue weighted by Gasteiger charge is 1.97. The van der Waals surface area contributed by atoms with Crippen molar-refractivity contribution in [2.24, 2.45) is 0 Å². The summed E-state index contributed by atoms with van der Waals surface area (Å²) in [4.78, 5) is 0. The number of hydrogen-bond acceptors (Lipinski definition) is 0. The van der Waals surface area contributed by atoms with Crippen molar-refractivity contribution in [1.82, 2.24) is 0 Å². The van der Waals surface area contributed by atoms with Crippen molar-refractivity contribution < 1.29 is 8.22 Å². The molecule has 0 spiro atoms. The molecule has 0 aliphatic heterocycles. The van der Waals surface area contributed by atoms with Gasteiger partial charge in [0.1, 0.15) is 0 Å². The number of halogens is 2. The predicted octanol–water partition coefficient (Wildman–Crippen LogP) is 2.40. The maximum absolute atomic E-state index is 11.8. The van der Waals surface area contributed by atoms with E-state index in [-0.39, 0.29) is 0 Å². The van der Waals surface area contributed by atoms with Gasteiger partial charge >= 0.3 is 9.46 Å². The summed E-state index contributed by atoms with van der Waals surface area (Å²) in [5, 5.41) is 0. The van der Waals surface area contributed by atoms with Crippen LogP contribution in [-0.4, -0.2) is 9.46 Å². The Morgan fingerprint density at radius 2 is 1.73 bits per heavy atom. The second-order valence-electron chi connectivity index (χ2n) is 2.10. The third kappa shape index (κ3) is 3.09.